The largest absolute Gasteiger partial charge is 0.260 e. The predicted octanol–water partition coefficient (Wildman–Crippen LogP) is 3.79. The molecule has 0 radical (unpaired) electrons. The summed E-state index contributed by atoms with van der Waals surface area (Å²) in [5.74, 6) is 0. The van der Waals surface area contributed by atoms with Crippen LogP contribution in [0.1, 0.15) is 25.5 Å². The Kier molecular flexibility index (Phi) is 4.74. The van der Waals surface area contributed by atoms with Gasteiger partial charge in [0.15, 0.2) is 0 Å². The molecule has 3 heteroatoms. The number of rotatable bonds is 4. The van der Waals surface area contributed by atoms with Crippen molar-refractivity contribution < 1.29 is 0 Å². The zero-order valence-corrected chi connectivity index (χ0v) is 9.98. The molecule has 0 aliphatic rings. The summed E-state index contributed by atoms with van der Waals surface area (Å²) in [6.45, 7) is 2.14. The Morgan fingerprint density at radius 1 is 1.62 bits per heavy atom. The zero-order chi connectivity index (χ0) is 9.68. The Morgan fingerprint density at radius 3 is 3.00 bits per heavy atom. The zero-order valence-electron chi connectivity index (χ0n) is 7.63. The standard InChI is InChI=1S/C10H13BrClN/c1-2-4-8(12)7-10-9(11)5-3-6-13-10/h3,5-6,8H,2,4,7H2,1H3. The van der Waals surface area contributed by atoms with Crippen LogP contribution in [-0.2, 0) is 6.42 Å². The summed E-state index contributed by atoms with van der Waals surface area (Å²) in [6, 6.07) is 3.91. The SMILES string of the molecule is CCCC(Cl)Cc1ncccc1Br. The van der Waals surface area contributed by atoms with Crippen molar-refractivity contribution in [2.45, 2.75) is 31.6 Å². The van der Waals surface area contributed by atoms with E-state index in [1.165, 1.54) is 0 Å². The Balaban J connectivity index is 2.58. The van der Waals surface area contributed by atoms with Crippen molar-refractivity contribution in [1.29, 1.82) is 0 Å². The van der Waals surface area contributed by atoms with Gasteiger partial charge < -0.3 is 0 Å². The molecule has 13 heavy (non-hydrogen) atoms. The van der Waals surface area contributed by atoms with Crippen LogP contribution < -0.4 is 0 Å². The monoisotopic (exact) mass is 261 g/mol. The average Bonchev–Trinajstić information content (AvgIpc) is 2.09. The van der Waals surface area contributed by atoms with E-state index >= 15 is 0 Å². The first-order valence-electron chi connectivity index (χ1n) is 4.47. The van der Waals surface area contributed by atoms with E-state index in [2.05, 4.69) is 27.8 Å². The lowest BCUT2D eigenvalue weighted by molar-refractivity contribution is 0.714. The summed E-state index contributed by atoms with van der Waals surface area (Å²) in [6.07, 6.45) is 4.82. The summed E-state index contributed by atoms with van der Waals surface area (Å²) in [4.78, 5) is 4.27. The smallest absolute Gasteiger partial charge is 0.0560 e. The van der Waals surface area contributed by atoms with Crippen molar-refractivity contribution >= 4 is 27.5 Å². The van der Waals surface area contributed by atoms with Crippen LogP contribution in [-0.4, -0.2) is 10.4 Å². The van der Waals surface area contributed by atoms with Gasteiger partial charge in [0.1, 0.15) is 0 Å². The minimum absolute atomic E-state index is 0.205. The first-order valence-corrected chi connectivity index (χ1v) is 5.70. The van der Waals surface area contributed by atoms with E-state index in [0.717, 1.165) is 29.4 Å². The molecule has 0 saturated carbocycles. The first-order chi connectivity index (χ1) is 6.24. The van der Waals surface area contributed by atoms with Crippen LogP contribution in [0.25, 0.3) is 0 Å². The van der Waals surface area contributed by atoms with Crippen LogP contribution in [0.5, 0.6) is 0 Å². The number of alkyl halides is 1. The molecule has 0 bridgehead atoms. The lowest BCUT2D eigenvalue weighted by Gasteiger charge is -2.07. The quantitative estimate of drug-likeness (QED) is 0.752. The van der Waals surface area contributed by atoms with Crippen molar-refractivity contribution in [1.82, 2.24) is 4.98 Å². The second-order valence-electron chi connectivity index (χ2n) is 3.02. The molecule has 1 unspecified atom stereocenters. The second kappa shape index (κ2) is 5.61. The van der Waals surface area contributed by atoms with Gasteiger partial charge in [-0.05, 0) is 34.5 Å². The van der Waals surface area contributed by atoms with Gasteiger partial charge in [-0.25, -0.2) is 0 Å². The lowest BCUT2D eigenvalue weighted by atomic mass is 10.1. The van der Waals surface area contributed by atoms with Crippen molar-refractivity contribution in [3.63, 3.8) is 0 Å². The number of nitrogens with zero attached hydrogens (tertiary/aromatic N) is 1. The first kappa shape index (κ1) is 11.0. The molecule has 1 rings (SSSR count). The van der Waals surface area contributed by atoms with Gasteiger partial charge in [0.2, 0.25) is 0 Å². The molecule has 0 saturated heterocycles. The summed E-state index contributed by atoms with van der Waals surface area (Å²) < 4.78 is 1.05. The lowest BCUT2D eigenvalue weighted by Crippen LogP contribution is -2.04. The van der Waals surface area contributed by atoms with E-state index in [9.17, 15) is 0 Å². The van der Waals surface area contributed by atoms with E-state index in [-0.39, 0.29) is 5.38 Å². The fourth-order valence-corrected chi connectivity index (χ4v) is 1.97. The fraction of sp³-hybridized carbons (Fsp3) is 0.500. The molecule has 1 aromatic heterocycles. The van der Waals surface area contributed by atoms with Crippen molar-refractivity contribution in [3.8, 4) is 0 Å². The van der Waals surface area contributed by atoms with Gasteiger partial charge in [0, 0.05) is 22.5 Å². The molecule has 1 atom stereocenters. The highest BCUT2D eigenvalue weighted by Gasteiger charge is 2.07. The van der Waals surface area contributed by atoms with Gasteiger partial charge in [-0.2, -0.15) is 0 Å². The summed E-state index contributed by atoms with van der Waals surface area (Å²) in [5, 5.41) is 0.205. The minimum Gasteiger partial charge on any atom is -0.260 e. The molecule has 1 heterocycles. The molecule has 0 aliphatic carbocycles. The van der Waals surface area contributed by atoms with Gasteiger partial charge in [0.05, 0.1) is 5.69 Å². The number of hydrogen-bond donors (Lipinski definition) is 0. The van der Waals surface area contributed by atoms with Crippen molar-refractivity contribution in [2.24, 2.45) is 0 Å². The third-order valence-corrected chi connectivity index (χ3v) is 2.95. The van der Waals surface area contributed by atoms with Crippen molar-refractivity contribution in [3.05, 3.63) is 28.5 Å². The minimum atomic E-state index is 0.205. The van der Waals surface area contributed by atoms with Gasteiger partial charge in [-0.15, -0.1) is 11.6 Å². The summed E-state index contributed by atoms with van der Waals surface area (Å²) >= 11 is 9.58. The Labute approximate surface area is 92.6 Å². The van der Waals surface area contributed by atoms with E-state index in [1.54, 1.807) is 6.20 Å². The van der Waals surface area contributed by atoms with Crippen LogP contribution in [0.3, 0.4) is 0 Å². The molecule has 72 valence electrons. The summed E-state index contributed by atoms with van der Waals surface area (Å²) in [7, 11) is 0. The predicted molar refractivity (Wildman–Crippen MR) is 60.2 cm³/mol. The highest BCUT2D eigenvalue weighted by atomic mass is 79.9. The fourth-order valence-electron chi connectivity index (χ4n) is 1.19. The van der Waals surface area contributed by atoms with Crippen LogP contribution in [0.15, 0.2) is 22.8 Å². The van der Waals surface area contributed by atoms with E-state index in [1.807, 2.05) is 12.1 Å². The molecule has 0 aromatic carbocycles. The number of aromatic nitrogens is 1. The third kappa shape index (κ3) is 3.65. The van der Waals surface area contributed by atoms with Gasteiger partial charge in [-0.3, -0.25) is 4.98 Å². The van der Waals surface area contributed by atoms with E-state index in [4.69, 9.17) is 11.6 Å². The molecule has 0 fully saturated rings. The molecule has 0 aliphatic heterocycles. The number of halogens is 2. The third-order valence-electron chi connectivity index (χ3n) is 1.85. The maximum absolute atomic E-state index is 6.13. The van der Waals surface area contributed by atoms with Gasteiger partial charge in [-0.1, -0.05) is 13.3 Å². The molecular weight excluding hydrogens is 249 g/mol. The van der Waals surface area contributed by atoms with Crippen LogP contribution in [0.4, 0.5) is 0 Å². The summed E-state index contributed by atoms with van der Waals surface area (Å²) in [5.41, 5.74) is 1.05. The highest BCUT2D eigenvalue weighted by molar-refractivity contribution is 9.10. The van der Waals surface area contributed by atoms with E-state index in [0.29, 0.717) is 0 Å². The Hall–Kier alpha value is -0.0800. The van der Waals surface area contributed by atoms with Crippen LogP contribution in [0, 0.1) is 0 Å². The van der Waals surface area contributed by atoms with Gasteiger partial charge >= 0.3 is 0 Å². The molecule has 0 amide bonds. The van der Waals surface area contributed by atoms with Crippen molar-refractivity contribution in [2.75, 3.05) is 0 Å². The second-order valence-corrected chi connectivity index (χ2v) is 4.49. The molecule has 1 nitrogen and oxygen atoms in total. The molecule has 0 spiro atoms. The molecular formula is C10H13BrClN. The molecule has 1 aromatic rings. The highest BCUT2D eigenvalue weighted by Crippen LogP contribution is 2.18. The normalized spacial score (nSPS) is 12.8. The van der Waals surface area contributed by atoms with E-state index < -0.39 is 0 Å². The Morgan fingerprint density at radius 2 is 2.38 bits per heavy atom. The van der Waals surface area contributed by atoms with Gasteiger partial charge in [0.25, 0.3) is 0 Å². The maximum Gasteiger partial charge on any atom is 0.0560 e. The average molecular weight is 263 g/mol. The van der Waals surface area contributed by atoms with Crippen LogP contribution >= 0.6 is 27.5 Å². The molecule has 0 N–H and O–H groups in total. The maximum atomic E-state index is 6.13. The number of pyridine rings is 1. The number of hydrogen-bond acceptors (Lipinski definition) is 1. The Bertz CT molecular complexity index is 265. The van der Waals surface area contributed by atoms with Crippen LogP contribution in [0.2, 0.25) is 0 Å². The topological polar surface area (TPSA) is 12.9 Å².